The molecule has 1 aliphatic heterocycles. The number of nitrogens with zero attached hydrogens (tertiary/aromatic N) is 1. The smallest absolute Gasteiger partial charge is 0.363 e. The third-order valence-corrected chi connectivity index (χ3v) is 5.51. The number of esters is 1. The summed E-state index contributed by atoms with van der Waals surface area (Å²) >= 11 is 5.79. The molecule has 0 atom stereocenters. The third-order valence-electron chi connectivity index (χ3n) is 4.20. The molecular formula is C22H15BrINO5. The first-order valence-electron chi connectivity index (χ1n) is 8.84. The van der Waals surface area contributed by atoms with E-state index in [1.54, 1.807) is 31.4 Å². The molecule has 6 nitrogen and oxygen atoms in total. The number of furan rings is 1. The summed E-state index contributed by atoms with van der Waals surface area (Å²) in [5, 5.41) is 0. The Morgan fingerprint density at radius 1 is 1.20 bits per heavy atom. The van der Waals surface area contributed by atoms with Crippen LogP contribution in [0.3, 0.4) is 0 Å². The van der Waals surface area contributed by atoms with Gasteiger partial charge in [0.25, 0.3) is 5.90 Å². The van der Waals surface area contributed by atoms with Crippen molar-refractivity contribution in [1.29, 1.82) is 0 Å². The molecule has 0 bridgehead atoms. The highest BCUT2D eigenvalue weighted by atomic mass is 127. The van der Waals surface area contributed by atoms with Crippen molar-refractivity contribution in [2.45, 2.75) is 6.61 Å². The van der Waals surface area contributed by atoms with Gasteiger partial charge in [0.15, 0.2) is 23.0 Å². The number of cyclic esters (lactones) is 1. The number of hydrogen-bond acceptors (Lipinski definition) is 6. The first kappa shape index (κ1) is 20.7. The van der Waals surface area contributed by atoms with Crippen LogP contribution in [0.5, 0.6) is 11.5 Å². The molecule has 0 unspecified atom stereocenters. The van der Waals surface area contributed by atoms with Crippen molar-refractivity contribution in [3.8, 4) is 11.5 Å². The van der Waals surface area contributed by atoms with E-state index in [0.717, 1.165) is 9.13 Å². The van der Waals surface area contributed by atoms with Gasteiger partial charge in [-0.25, -0.2) is 9.79 Å². The minimum absolute atomic E-state index is 0.139. The van der Waals surface area contributed by atoms with Crippen molar-refractivity contribution >= 4 is 56.5 Å². The Balaban J connectivity index is 1.58. The first-order valence-corrected chi connectivity index (χ1v) is 10.7. The highest BCUT2D eigenvalue weighted by Crippen LogP contribution is 2.38. The molecule has 2 aromatic carbocycles. The van der Waals surface area contributed by atoms with Crippen LogP contribution in [0, 0.1) is 3.57 Å². The molecule has 0 fully saturated rings. The number of methoxy groups -OCH3 is 1. The summed E-state index contributed by atoms with van der Waals surface area (Å²) in [5.41, 5.74) is 1.92. The lowest BCUT2D eigenvalue weighted by atomic mass is 10.1. The fraction of sp³-hybridized carbons (Fsp3) is 0.0909. The third kappa shape index (κ3) is 4.59. The maximum Gasteiger partial charge on any atom is 0.363 e. The summed E-state index contributed by atoms with van der Waals surface area (Å²) in [6.45, 7) is 0.398. The Morgan fingerprint density at radius 2 is 2.00 bits per heavy atom. The molecule has 30 heavy (non-hydrogen) atoms. The van der Waals surface area contributed by atoms with Crippen LogP contribution < -0.4 is 9.47 Å². The summed E-state index contributed by atoms with van der Waals surface area (Å²) < 4.78 is 23.7. The van der Waals surface area contributed by atoms with E-state index >= 15 is 0 Å². The van der Waals surface area contributed by atoms with Crippen molar-refractivity contribution in [2.24, 2.45) is 4.99 Å². The van der Waals surface area contributed by atoms with Gasteiger partial charge in [-0.1, -0.05) is 12.1 Å². The van der Waals surface area contributed by atoms with Crippen LogP contribution in [-0.4, -0.2) is 19.0 Å². The summed E-state index contributed by atoms with van der Waals surface area (Å²) in [4.78, 5) is 16.4. The van der Waals surface area contributed by atoms with E-state index in [-0.39, 0.29) is 11.6 Å². The monoisotopic (exact) mass is 579 g/mol. The summed E-state index contributed by atoms with van der Waals surface area (Å²) in [5.74, 6) is 1.09. The second kappa shape index (κ2) is 9.05. The first-order chi connectivity index (χ1) is 14.5. The average Bonchev–Trinajstić information content (AvgIpc) is 3.38. The molecule has 0 spiro atoms. The van der Waals surface area contributed by atoms with Gasteiger partial charge in [0, 0.05) is 3.57 Å². The summed E-state index contributed by atoms with van der Waals surface area (Å²) in [7, 11) is 1.56. The van der Waals surface area contributed by atoms with Gasteiger partial charge in [-0.3, -0.25) is 0 Å². The largest absolute Gasteiger partial charge is 0.493 e. The van der Waals surface area contributed by atoms with Gasteiger partial charge in [-0.2, -0.15) is 0 Å². The second-order valence-corrected chi connectivity index (χ2v) is 8.36. The van der Waals surface area contributed by atoms with Crippen LogP contribution in [0.4, 0.5) is 0 Å². The van der Waals surface area contributed by atoms with Gasteiger partial charge in [0.1, 0.15) is 6.61 Å². The van der Waals surface area contributed by atoms with Crippen molar-refractivity contribution in [3.05, 3.63) is 85.4 Å². The lowest BCUT2D eigenvalue weighted by Gasteiger charge is -2.14. The van der Waals surface area contributed by atoms with Crippen molar-refractivity contribution in [1.82, 2.24) is 0 Å². The number of ether oxygens (including phenoxy) is 3. The zero-order valence-electron chi connectivity index (χ0n) is 15.7. The number of rotatable bonds is 6. The zero-order valence-corrected chi connectivity index (χ0v) is 19.5. The maximum absolute atomic E-state index is 12.2. The molecule has 1 aliphatic rings. The van der Waals surface area contributed by atoms with E-state index < -0.39 is 5.97 Å². The number of hydrogen-bond donors (Lipinski definition) is 0. The van der Waals surface area contributed by atoms with Gasteiger partial charge >= 0.3 is 5.97 Å². The van der Waals surface area contributed by atoms with Crippen LogP contribution in [0.15, 0.2) is 74.4 Å². The molecular weight excluding hydrogens is 565 g/mol. The lowest BCUT2D eigenvalue weighted by molar-refractivity contribution is -0.130. The predicted octanol–water partition coefficient (Wildman–Crippen LogP) is 5.58. The predicted molar refractivity (Wildman–Crippen MR) is 123 cm³/mol. The molecule has 2 heterocycles. The Bertz CT molecular complexity index is 1140. The molecule has 4 rings (SSSR count). The second-order valence-electron chi connectivity index (χ2n) is 6.26. The van der Waals surface area contributed by atoms with E-state index in [0.29, 0.717) is 33.9 Å². The van der Waals surface area contributed by atoms with Crippen LogP contribution in [0.25, 0.3) is 6.08 Å². The zero-order chi connectivity index (χ0) is 21.1. The van der Waals surface area contributed by atoms with Crippen LogP contribution in [0.2, 0.25) is 0 Å². The molecule has 0 radical (unpaired) electrons. The number of benzene rings is 2. The highest BCUT2D eigenvalue weighted by Gasteiger charge is 2.26. The Hall–Kier alpha value is -2.59. The highest BCUT2D eigenvalue weighted by molar-refractivity contribution is 14.1. The van der Waals surface area contributed by atoms with Gasteiger partial charge in [-0.15, -0.1) is 0 Å². The van der Waals surface area contributed by atoms with Crippen LogP contribution in [0.1, 0.15) is 16.9 Å². The Labute approximate surface area is 194 Å². The molecule has 0 aliphatic carbocycles. The van der Waals surface area contributed by atoms with Crippen molar-refractivity contribution in [2.75, 3.05) is 7.11 Å². The van der Waals surface area contributed by atoms with Gasteiger partial charge in [-0.05, 0) is 92.1 Å². The lowest BCUT2D eigenvalue weighted by Crippen LogP contribution is -2.04. The average molecular weight is 580 g/mol. The molecule has 0 amide bonds. The van der Waals surface area contributed by atoms with Crippen LogP contribution in [-0.2, 0) is 16.1 Å². The molecule has 8 heteroatoms. The Kier molecular flexibility index (Phi) is 6.24. The minimum Gasteiger partial charge on any atom is -0.493 e. The fourth-order valence-electron chi connectivity index (χ4n) is 2.77. The standard InChI is InChI=1S/C22H15BrINO5/c1-27-19-11-14(10-17-22(26)30-21(25-17)18-3-2-8-28-18)9-16(23)20(19)29-12-13-4-6-15(24)7-5-13/h2-11H,12H2,1H3/b17-10-. The fourth-order valence-corrected chi connectivity index (χ4v) is 3.71. The molecule has 0 N–H and O–H groups in total. The molecule has 1 aromatic heterocycles. The summed E-state index contributed by atoms with van der Waals surface area (Å²) in [6.07, 6.45) is 3.11. The van der Waals surface area contributed by atoms with E-state index in [4.69, 9.17) is 18.6 Å². The normalized spacial score (nSPS) is 14.6. The number of aliphatic imine (C=N–C) groups is 1. The molecule has 3 aromatic rings. The van der Waals surface area contributed by atoms with E-state index in [2.05, 4.69) is 43.5 Å². The van der Waals surface area contributed by atoms with Crippen LogP contribution >= 0.6 is 38.5 Å². The van der Waals surface area contributed by atoms with Gasteiger partial charge in [0.05, 0.1) is 17.8 Å². The minimum atomic E-state index is -0.546. The summed E-state index contributed by atoms with van der Waals surface area (Å²) in [6, 6.07) is 15.1. The molecule has 0 saturated heterocycles. The van der Waals surface area contributed by atoms with Crippen molar-refractivity contribution < 1.29 is 23.4 Å². The molecule has 0 saturated carbocycles. The van der Waals surface area contributed by atoms with Gasteiger partial charge in [0.2, 0.25) is 0 Å². The Morgan fingerprint density at radius 3 is 2.70 bits per heavy atom. The SMILES string of the molecule is COc1cc(/C=C2\N=C(c3ccco3)OC2=O)cc(Br)c1OCc1ccc(I)cc1. The van der Waals surface area contributed by atoms with Crippen molar-refractivity contribution in [3.63, 3.8) is 0 Å². The van der Waals surface area contributed by atoms with E-state index in [1.165, 1.54) is 6.26 Å². The molecule has 152 valence electrons. The number of carbonyl (C=O) groups is 1. The topological polar surface area (TPSA) is 70.3 Å². The van der Waals surface area contributed by atoms with E-state index in [9.17, 15) is 4.79 Å². The van der Waals surface area contributed by atoms with Gasteiger partial charge < -0.3 is 18.6 Å². The number of carbonyl (C=O) groups excluding carboxylic acids is 1. The quantitative estimate of drug-likeness (QED) is 0.217. The number of halogens is 2. The van der Waals surface area contributed by atoms with E-state index in [1.807, 2.05) is 30.3 Å². The maximum atomic E-state index is 12.2.